The van der Waals surface area contributed by atoms with E-state index in [4.69, 9.17) is 4.74 Å². The number of halogens is 3. The third-order valence-electron chi connectivity index (χ3n) is 3.10. The van der Waals surface area contributed by atoms with Crippen molar-refractivity contribution >= 4 is 0 Å². The van der Waals surface area contributed by atoms with Gasteiger partial charge in [0.25, 0.3) is 0 Å². The normalized spacial score (nSPS) is 19.2. The van der Waals surface area contributed by atoms with Gasteiger partial charge in [0.1, 0.15) is 5.54 Å². The second kappa shape index (κ2) is 6.58. The summed E-state index contributed by atoms with van der Waals surface area (Å²) in [6, 6.07) is 2.40. The minimum Gasteiger partial charge on any atom is -0.378 e. The molecule has 1 aliphatic carbocycles. The van der Waals surface area contributed by atoms with Crippen LogP contribution in [0.25, 0.3) is 0 Å². The van der Waals surface area contributed by atoms with Gasteiger partial charge in [0.2, 0.25) is 0 Å². The van der Waals surface area contributed by atoms with Crippen LogP contribution in [0.1, 0.15) is 39.5 Å². The topological polar surface area (TPSA) is 45.0 Å². The average molecular weight is 278 g/mol. The van der Waals surface area contributed by atoms with Crippen LogP contribution in [-0.2, 0) is 4.74 Å². The molecule has 0 amide bonds. The lowest BCUT2D eigenvalue weighted by atomic mass is 9.95. The molecule has 1 N–H and O–H groups in total. The van der Waals surface area contributed by atoms with Crippen LogP contribution in [0.15, 0.2) is 0 Å². The number of alkyl halides is 3. The predicted octanol–water partition coefficient (Wildman–Crippen LogP) is 3.02. The van der Waals surface area contributed by atoms with Crippen molar-refractivity contribution in [2.75, 3.05) is 13.2 Å². The van der Waals surface area contributed by atoms with Gasteiger partial charge in [-0.05, 0) is 39.0 Å². The molecule has 0 aromatic rings. The standard InChI is InChI=1S/C13H21F3N2O/c1-10(2)18-12(8-17,11-4-5-11)9-19-7-3-6-13(14,15)16/h10-11,18H,3-7,9H2,1-2H3. The fourth-order valence-electron chi connectivity index (χ4n) is 2.13. The first-order valence-electron chi connectivity index (χ1n) is 6.62. The molecular weight excluding hydrogens is 257 g/mol. The number of nitrogens with zero attached hydrogens (tertiary/aromatic N) is 1. The molecule has 0 radical (unpaired) electrons. The Balaban J connectivity index is 2.36. The zero-order valence-electron chi connectivity index (χ0n) is 11.4. The van der Waals surface area contributed by atoms with Crippen LogP contribution in [0.5, 0.6) is 0 Å². The Labute approximate surface area is 112 Å². The van der Waals surface area contributed by atoms with Crippen LogP contribution in [0.3, 0.4) is 0 Å². The van der Waals surface area contributed by atoms with Gasteiger partial charge in [-0.25, -0.2) is 0 Å². The second-order valence-corrected chi connectivity index (χ2v) is 5.43. The van der Waals surface area contributed by atoms with Crippen LogP contribution in [-0.4, -0.2) is 31.0 Å². The highest BCUT2D eigenvalue weighted by Crippen LogP contribution is 2.40. The van der Waals surface area contributed by atoms with Crippen molar-refractivity contribution in [2.24, 2.45) is 5.92 Å². The highest BCUT2D eigenvalue weighted by atomic mass is 19.4. The van der Waals surface area contributed by atoms with E-state index in [0.717, 1.165) is 12.8 Å². The third-order valence-corrected chi connectivity index (χ3v) is 3.10. The summed E-state index contributed by atoms with van der Waals surface area (Å²) in [5.74, 6) is 0.252. The fourth-order valence-corrected chi connectivity index (χ4v) is 2.13. The monoisotopic (exact) mass is 278 g/mol. The van der Waals surface area contributed by atoms with E-state index in [1.165, 1.54) is 0 Å². The third kappa shape index (κ3) is 5.79. The van der Waals surface area contributed by atoms with Crippen molar-refractivity contribution < 1.29 is 17.9 Å². The first kappa shape index (κ1) is 16.3. The van der Waals surface area contributed by atoms with Gasteiger partial charge in [0, 0.05) is 19.1 Å². The first-order chi connectivity index (χ1) is 8.79. The second-order valence-electron chi connectivity index (χ2n) is 5.43. The van der Waals surface area contributed by atoms with Crippen molar-refractivity contribution in [3.8, 4) is 6.07 Å². The highest BCUT2D eigenvalue weighted by Gasteiger charge is 2.46. The molecule has 1 aliphatic rings. The predicted molar refractivity (Wildman–Crippen MR) is 65.4 cm³/mol. The van der Waals surface area contributed by atoms with E-state index in [2.05, 4.69) is 11.4 Å². The number of nitrogens with one attached hydrogen (secondary N) is 1. The number of nitriles is 1. The summed E-state index contributed by atoms with van der Waals surface area (Å²) in [5.41, 5.74) is -0.744. The quantitative estimate of drug-likeness (QED) is 0.694. The van der Waals surface area contributed by atoms with Gasteiger partial charge in [-0.2, -0.15) is 18.4 Å². The maximum Gasteiger partial charge on any atom is 0.389 e. The molecule has 0 bridgehead atoms. The minimum absolute atomic E-state index is 0.0371. The summed E-state index contributed by atoms with van der Waals surface area (Å²) in [4.78, 5) is 0. The molecule has 19 heavy (non-hydrogen) atoms. The van der Waals surface area contributed by atoms with E-state index in [-0.39, 0.29) is 31.6 Å². The number of hydrogen-bond acceptors (Lipinski definition) is 3. The van der Waals surface area contributed by atoms with Gasteiger partial charge in [-0.1, -0.05) is 0 Å². The average Bonchev–Trinajstić information content (AvgIpc) is 3.08. The fraction of sp³-hybridized carbons (Fsp3) is 0.923. The maximum absolute atomic E-state index is 12.0. The minimum atomic E-state index is -4.14. The number of rotatable bonds is 8. The summed E-state index contributed by atoms with van der Waals surface area (Å²) in [6.45, 7) is 4.08. The zero-order valence-corrected chi connectivity index (χ0v) is 11.4. The summed E-state index contributed by atoms with van der Waals surface area (Å²) < 4.78 is 41.2. The Hall–Kier alpha value is -0.800. The van der Waals surface area contributed by atoms with Gasteiger partial charge < -0.3 is 4.74 Å². The Morgan fingerprint density at radius 3 is 2.42 bits per heavy atom. The summed E-state index contributed by atoms with van der Waals surface area (Å²) >= 11 is 0. The summed E-state index contributed by atoms with van der Waals surface area (Å²) in [7, 11) is 0. The van der Waals surface area contributed by atoms with Gasteiger partial charge in [0.15, 0.2) is 0 Å². The molecule has 0 aromatic heterocycles. The van der Waals surface area contributed by atoms with Gasteiger partial charge in [-0.3, -0.25) is 5.32 Å². The zero-order chi connectivity index (χ0) is 14.5. The number of ether oxygens (including phenoxy) is 1. The number of hydrogen-bond donors (Lipinski definition) is 1. The van der Waals surface area contributed by atoms with Crippen LogP contribution < -0.4 is 5.32 Å². The van der Waals surface area contributed by atoms with Gasteiger partial charge >= 0.3 is 6.18 Å². The molecule has 3 nitrogen and oxygen atoms in total. The largest absolute Gasteiger partial charge is 0.389 e. The van der Waals surface area contributed by atoms with E-state index < -0.39 is 18.1 Å². The molecule has 0 aliphatic heterocycles. The molecule has 0 spiro atoms. The van der Waals surface area contributed by atoms with Crippen molar-refractivity contribution in [3.05, 3.63) is 0 Å². The molecule has 110 valence electrons. The van der Waals surface area contributed by atoms with E-state index in [0.29, 0.717) is 0 Å². The summed E-state index contributed by atoms with van der Waals surface area (Å²) in [5, 5.41) is 12.6. The molecule has 1 fully saturated rings. The lowest BCUT2D eigenvalue weighted by molar-refractivity contribution is -0.138. The Morgan fingerprint density at radius 1 is 1.37 bits per heavy atom. The lowest BCUT2D eigenvalue weighted by Gasteiger charge is -2.30. The molecule has 1 unspecified atom stereocenters. The van der Waals surface area contributed by atoms with Crippen molar-refractivity contribution in [3.63, 3.8) is 0 Å². The van der Waals surface area contributed by atoms with Crippen LogP contribution in [0, 0.1) is 17.2 Å². The van der Waals surface area contributed by atoms with E-state index >= 15 is 0 Å². The first-order valence-corrected chi connectivity index (χ1v) is 6.62. The molecular formula is C13H21F3N2O. The molecule has 0 heterocycles. The summed E-state index contributed by atoms with van der Waals surface area (Å²) in [6.07, 6.45) is -3.09. The molecule has 0 saturated heterocycles. The molecule has 1 saturated carbocycles. The van der Waals surface area contributed by atoms with E-state index in [1.54, 1.807) is 0 Å². The van der Waals surface area contributed by atoms with Crippen molar-refractivity contribution in [1.29, 1.82) is 5.26 Å². The Kier molecular flexibility index (Phi) is 5.63. The van der Waals surface area contributed by atoms with Crippen LogP contribution in [0.2, 0.25) is 0 Å². The van der Waals surface area contributed by atoms with Gasteiger partial charge in [0.05, 0.1) is 12.7 Å². The SMILES string of the molecule is CC(C)NC(C#N)(COCCCC(F)(F)F)C1CC1. The van der Waals surface area contributed by atoms with E-state index in [9.17, 15) is 18.4 Å². The molecule has 6 heteroatoms. The molecule has 1 rings (SSSR count). The highest BCUT2D eigenvalue weighted by molar-refractivity contribution is 5.15. The van der Waals surface area contributed by atoms with Crippen molar-refractivity contribution in [2.45, 2.75) is 57.3 Å². The molecule has 1 atom stereocenters. The van der Waals surface area contributed by atoms with Crippen LogP contribution >= 0.6 is 0 Å². The van der Waals surface area contributed by atoms with E-state index in [1.807, 2.05) is 13.8 Å². The Morgan fingerprint density at radius 2 is 2.00 bits per heavy atom. The van der Waals surface area contributed by atoms with Gasteiger partial charge in [-0.15, -0.1) is 0 Å². The Bertz CT molecular complexity index is 321. The van der Waals surface area contributed by atoms with Crippen LogP contribution in [0.4, 0.5) is 13.2 Å². The van der Waals surface area contributed by atoms with Crippen molar-refractivity contribution in [1.82, 2.24) is 5.32 Å². The smallest absolute Gasteiger partial charge is 0.378 e. The molecule has 0 aromatic carbocycles. The lowest BCUT2D eigenvalue weighted by Crippen LogP contribution is -2.53. The maximum atomic E-state index is 12.0.